The van der Waals surface area contributed by atoms with Gasteiger partial charge in [-0.25, -0.2) is 0 Å². The average molecular weight is 139 g/mol. The topological polar surface area (TPSA) is 36.4 Å². The summed E-state index contributed by atoms with van der Waals surface area (Å²) in [6, 6.07) is 1.63. The molecule has 1 saturated heterocycles. The quantitative estimate of drug-likeness (QED) is 0.485. The summed E-state index contributed by atoms with van der Waals surface area (Å²) in [7, 11) is 0. The van der Waals surface area contributed by atoms with Crippen molar-refractivity contribution in [3.8, 4) is 0 Å². The molecule has 0 amide bonds. The fraction of sp³-hybridized carbons (Fsp3) is 0.857. The highest BCUT2D eigenvalue weighted by atomic mass is 15.1. The molecule has 56 valence electrons. The molecule has 1 fully saturated rings. The molecule has 3 unspecified atom stereocenters. The minimum absolute atomic E-state index is 0.480. The van der Waals surface area contributed by atoms with E-state index >= 15 is 0 Å². The van der Waals surface area contributed by atoms with E-state index in [2.05, 4.69) is 22.5 Å². The maximum Gasteiger partial charge on any atom is 0.0868 e. The van der Waals surface area contributed by atoms with Gasteiger partial charge in [-0.1, -0.05) is 0 Å². The van der Waals surface area contributed by atoms with E-state index in [-0.39, 0.29) is 0 Å². The molecule has 0 aromatic rings. The highest BCUT2D eigenvalue weighted by Crippen LogP contribution is 2.15. The second-order valence-electron chi connectivity index (χ2n) is 3.07. The Labute approximate surface area is 60.9 Å². The second-order valence-corrected chi connectivity index (χ2v) is 3.07. The number of nitrogens with zero attached hydrogens (tertiary/aromatic N) is 1. The zero-order valence-corrected chi connectivity index (χ0v) is 6.17. The van der Waals surface area contributed by atoms with Crippen molar-refractivity contribution in [3.05, 3.63) is 0 Å². The van der Waals surface area contributed by atoms with Gasteiger partial charge in [0.25, 0.3) is 0 Å². The van der Waals surface area contributed by atoms with Gasteiger partial charge in [0.1, 0.15) is 0 Å². The molecule has 0 spiro atoms. The lowest BCUT2D eigenvalue weighted by molar-refractivity contribution is 0.331. The Morgan fingerprint density at radius 2 is 2.50 bits per heavy atom. The van der Waals surface area contributed by atoms with E-state index in [1.165, 1.54) is 6.42 Å². The van der Waals surface area contributed by atoms with Crippen molar-refractivity contribution in [2.24, 2.45) is 4.99 Å². The van der Waals surface area contributed by atoms with Gasteiger partial charge in [0, 0.05) is 6.04 Å². The number of aliphatic imine (C=N–C) groups is 1. The highest BCUT2D eigenvalue weighted by Gasteiger charge is 2.31. The van der Waals surface area contributed by atoms with Crippen LogP contribution in [0.3, 0.4) is 0 Å². The van der Waals surface area contributed by atoms with Crippen molar-refractivity contribution in [2.75, 3.05) is 6.54 Å². The molecule has 2 aliphatic heterocycles. The van der Waals surface area contributed by atoms with Gasteiger partial charge in [-0.3, -0.25) is 4.99 Å². The van der Waals surface area contributed by atoms with Crippen molar-refractivity contribution >= 4 is 6.34 Å². The molecule has 2 aliphatic rings. The molecule has 3 nitrogen and oxygen atoms in total. The molecule has 0 radical (unpaired) electrons. The van der Waals surface area contributed by atoms with Crippen LogP contribution in [0, 0.1) is 0 Å². The SMILES string of the molecule is CC1NCCC2NC=NC12. The van der Waals surface area contributed by atoms with Gasteiger partial charge >= 0.3 is 0 Å². The third-order valence-electron chi connectivity index (χ3n) is 2.38. The minimum atomic E-state index is 0.480. The molecule has 0 bridgehead atoms. The van der Waals surface area contributed by atoms with E-state index in [9.17, 15) is 0 Å². The number of nitrogens with one attached hydrogen (secondary N) is 2. The van der Waals surface area contributed by atoms with Crippen molar-refractivity contribution in [1.29, 1.82) is 0 Å². The maximum atomic E-state index is 4.34. The van der Waals surface area contributed by atoms with Gasteiger partial charge < -0.3 is 10.6 Å². The first-order valence-electron chi connectivity index (χ1n) is 3.89. The minimum Gasteiger partial charge on any atom is -0.371 e. The molecule has 3 heteroatoms. The lowest BCUT2D eigenvalue weighted by Gasteiger charge is -2.30. The first-order chi connectivity index (χ1) is 4.88. The van der Waals surface area contributed by atoms with E-state index in [1.807, 2.05) is 6.34 Å². The summed E-state index contributed by atoms with van der Waals surface area (Å²) in [6.45, 7) is 3.32. The lowest BCUT2D eigenvalue weighted by Crippen LogP contribution is -2.51. The van der Waals surface area contributed by atoms with Gasteiger partial charge in [-0.05, 0) is 19.9 Å². The Morgan fingerprint density at radius 3 is 3.30 bits per heavy atom. The largest absolute Gasteiger partial charge is 0.371 e. The molecule has 0 aromatic carbocycles. The van der Waals surface area contributed by atoms with E-state index in [1.54, 1.807) is 0 Å². The van der Waals surface area contributed by atoms with Crippen LogP contribution >= 0.6 is 0 Å². The summed E-state index contributed by atoms with van der Waals surface area (Å²) in [5, 5.41) is 6.66. The third-order valence-corrected chi connectivity index (χ3v) is 2.38. The van der Waals surface area contributed by atoms with Crippen molar-refractivity contribution < 1.29 is 0 Å². The number of hydrogen-bond acceptors (Lipinski definition) is 3. The third kappa shape index (κ3) is 0.814. The van der Waals surface area contributed by atoms with Crippen LogP contribution in [-0.2, 0) is 0 Å². The maximum absolute atomic E-state index is 4.34. The van der Waals surface area contributed by atoms with E-state index in [0.29, 0.717) is 18.1 Å². The molecule has 3 atom stereocenters. The molecule has 0 aromatic heterocycles. The molecule has 2 heterocycles. The lowest BCUT2D eigenvalue weighted by atomic mass is 9.96. The zero-order valence-electron chi connectivity index (χ0n) is 6.17. The average Bonchev–Trinajstić information content (AvgIpc) is 2.36. The van der Waals surface area contributed by atoms with Crippen molar-refractivity contribution in [3.63, 3.8) is 0 Å². The van der Waals surface area contributed by atoms with Crippen LogP contribution in [0.4, 0.5) is 0 Å². The molecule has 2 N–H and O–H groups in total. The Balaban J connectivity index is 2.08. The first kappa shape index (κ1) is 6.16. The Hall–Kier alpha value is -0.570. The smallest absolute Gasteiger partial charge is 0.0868 e. The fourth-order valence-electron chi connectivity index (χ4n) is 1.75. The Kier molecular flexibility index (Phi) is 1.38. The van der Waals surface area contributed by atoms with Gasteiger partial charge in [0.15, 0.2) is 0 Å². The standard InChI is InChI=1S/C7H13N3/c1-5-7-6(2-3-8-5)9-4-10-7/h4-8H,2-3H2,1H3,(H,9,10). The molecular weight excluding hydrogens is 126 g/mol. The van der Waals surface area contributed by atoms with E-state index in [4.69, 9.17) is 0 Å². The van der Waals surface area contributed by atoms with Gasteiger partial charge in [0.05, 0.1) is 18.4 Å². The van der Waals surface area contributed by atoms with Crippen LogP contribution in [0.1, 0.15) is 13.3 Å². The van der Waals surface area contributed by atoms with E-state index < -0.39 is 0 Å². The summed E-state index contributed by atoms with van der Waals surface area (Å²) in [6.07, 6.45) is 3.05. The van der Waals surface area contributed by atoms with Crippen molar-refractivity contribution in [2.45, 2.75) is 31.5 Å². The van der Waals surface area contributed by atoms with Crippen LogP contribution in [0.5, 0.6) is 0 Å². The van der Waals surface area contributed by atoms with Crippen molar-refractivity contribution in [1.82, 2.24) is 10.6 Å². The number of hydrogen-bond donors (Lipinski definition) is 2. The normalized spacial score (nSPS) is 44.7. The molecule has 2 rings (SSSR count). The Bertz CT molecular complexity index is 155. The summed E-state index contributed by atoms with van der Waals surface area (Å²) in [5.74, 6) is 0. The highest BCUT2D eigenvalue weighted by molar-refractivity contribution is 5.58. The van der Waals surface area contributed by atoms with Gasteiger partial charge in [-0.2, -0.15) is 0 Å². The van der Waals surface area contributed by atoms with Gasteiger partial charge in [0.2, 0.25) is 0 Å². The number of fused-ring (bicyclic) bond motifs is 1. The zero-order chi connectivity index (χ0) is 6.97. The number of rotatable bonds is 0. The summed E-state index contributed by atoms with van der Waals surface area (Å²) in [4.78, 5) is 4.34. The summed E-state index contributed by atoms with van der Waals surface area (Å²) >= 11 is 0. The predicted octanol–water partition coefficient (Wildman–Crippen LogP) is -0.263. The van der Waals surface area contributed by atoms with Crippen LogP contribution < -0.4 is 10.6 Å². The first-order valence-corrected chi connectivity index (χ1v) is 3.89. The van der Waals surface area contributed by atoms with Crippen LogP contribution in [0.25, 0.3) is 0 Å². The molecule has 0 aliphatic carbocycles. The van der Waals surface area contributed by atoms with E-state index in [0.717, 1.165) is 6.54 Å². The van der Waals surface area contributed by atoms with Crippen LogP contribution in [0.2, 0.25) is 0 Å². The number of piperidine rings is 1. The summed E-state index contributed by atoms with van der Waals surface area (Å²) in [5.41, 5.74) is 0. The van der Waals surface area contributed by atoms with Crippen LogP contribution in [0.15, 0.2) is 4.99 Å². The predicted molar refractivity (Wildman–Crippen MR) is 41.3 cm³/mol. The van der Waals surface area contributed by atoms with Gasteiger partial charge in [-0.15, -0.1) is 0 Å². The second kappa shape index (κ2) is 2.23. The molecular formula is C7H13N3. The molecule has 0 saturated carbocycles. The summed E-state index contributed by atoms with van der Waals surface area (Å²) < 4.78 is 0. The van der Waals surface area contributed by atoms with Crippen LogP contribution in [-0.4, -0.2) is 31.0 Å². The monoisotopic (exact) mass is 139 g/mol. The Morgan fingerprint density at radius 1 is 1.60 bits per heavy atom. The molecule has 10 heavy (non-hydrogen) atoms. The fourth-order valence-corrected chi connectivity index (χ4v) is 1.75.